The molecule has 0 rings (SSSR count). The molecule has 0 bridgehead atoms. The summed E-state index contributed by atoms with van der Waals surface area (Å²) in [6.45, 7) is 0. The minimum atomic E-state index is -0.935. The molecule has 2 nitrogen and oxygen atoms in total. The second-order valence-electron chi connectivity index (χ2n) is 1.73. The molecule has 0 fully saturated rings. The molecule has 0 unspecified atom stereocenters. The van der Waals surface area contributed by atoms with Gasteiger partial charge in [0.25, 0.3) is 0 Å². The first-order chi connectivity index (χ1) is 5.27. The van der Waals surface area contributed by atoms with Gasteiger partial charge < -0.3 is 5.11 Å². The number of hydrogen-bond acceptors (Lipinski definition) is 1. The van der Waals surface area contributed by atoms with Crippen molar-refractivity contribution in [1.29, 1.82) is 0 Å². The van der Waals surface area contributed by atoms with Gasteiger partial charge >= 0.3 is 5.97 Å². The molecule has 0 aliphatic rings. The van der Waals surface area contributed by atoms with Gasteiger partial charge in [-0.3, -0.25) is 0 Å². The first kappa shape index (κ1) is 9.33. The molecule has 0 aliphatic heterocycles. The highest BCUT2D eigenvalue weighted by Gasteiger charge is 1.82. The summed E-state index contributed by atoms with van der Waals surface area (Å²) in [7, 11) is 0. The van der Waals surface area contributed by atoms with Gasteiger partial charge in [-0.2, -0.15) is 0 Å². The van der Waals surface area contributed by atoms with E-state index >= 15 is 0 Å². The number of hydrogen-bond donors (Lipinski definition) is 1. The Morgan fingerprint density at radius 1 is 1.64 bits per heavy atom. The topological polar surface area (TPSA) is 37.3 Å². The molecule has 0 amide bonds. The van der Waals surface area contributed by atoms with Crippen LogP contribution in [0.2, 0.25) is 0 Å². The molecule has 0 aliphatic carbocycles. The Morgan fingerprint density at radius 3 is 2.91 bits per heavy atom. The fraction of sp³-hybridized carbons (Fsp3) is 0.222. The first-order valence-corrected chi connectivity index (χ1v) is 3.10. The lowest BCUT2D eigenvalue weighted by molar-refractivity contribution is -0.131. The van der Waals surface area contributed by atoms with E-state index < -0.39 is 5.97 Å². The number of terminal acetylenes is 1. The Bertz CT molecular complexity index is 245. The standard InChI is InChI=1S/C9H8O2/c1-2-3-4-5-6-7-8-9(10)11/h1,7-8H,5-6H2,(H,10,11). The Morgan fingerprint density at radius 2 is 2.36 bits per heavy atom. The predicted octanol–water partition coefficient (Wildman–Crippen LogP) is 1.04. The molecule has 2 heteroatoms. The number of carbonyl (C=O) groups is 1. The number of allylic oxidation sites excluding steroid dienone is 1. The van der Waals surface area contributed by atoms with Crippen LogP contribution >= 0.6 is 0 Å². The van der Waals surface area contributed by atoms with E-state index in [9.17, 15) is 4.79 Å². The molecule has 0 spiro atoms. The van der Waals surface area contributed by atoms with Gasteiger partial charge in [0.2, 0.25) is 0 Å². The Hall–Kier alpha value is -1.67. The maximum absolute atomic E-state index is 9.93. The van der Waals surface area contributed by atoms with E-state index in [4.69, 9.17) is 11.5 Å². The monoisotopic (exact) mass is 148 g/mol. The van der Waals surface area contributed by atoms with E-state index in [1.807, 2.05) is 0 Å². The summed E-state index contributed by atoms with van der Waals surface area (Å²) in [6.07, 6.45) is 8.73. The van der Waals surface area contributed by atoms with E-state index in [1.165, 1.54) is 0 Å². The average Bonchev–Trinajstić information content (AvgIpc) is 1.96. The zero-order valence-corrected chi connectivity index (χ0v) is 6.00. The molecule has 0 heterocycles. The van der Waals surface area contributed by atoms with Crippen LogP contribution in [0.3, 0.4) is 0 Å². The van der Waals surface area contributed by atoms with Gasteiger partial charge in [0.1, 0.15) is 0 Å². The summed E-state index contributed by atoms with van der Waals surface area (Å²) in [6, 6.07) is 0. The fourth-order valence-corrected chi connectivity index (χ4v) is 0.453. The van der Waals surface area contributed by atoms with Gasteiger partial charge in [-0.15, -0.1) is 6.42 Å². The number of unbranched alkanes of at least 4 members (excludes halogenated alkanes) is 1. The fourth-order valence-electron chi connectivity index (χ4n) is 0.453. The van der Waals surface area contributed by atoms with Crippen molar-refractivity contribution in [3.05, 3.63) is 12.2 Å². The third kappa shape index (κ3) is 8.33. The Balaban J connectivity index is 3.44. The van der Waals surface area contributed by atoms with E-state index in [-0.39, 0.29) is 0 Å². The van der Waals surface area contributed by atoms with Gasteiger partial charge in [-0.25, -0.2) is 4.79 Å². The summed E-state index contributed by atoms with van der Waals surface area (Å²) in [5.74, 6) is 6.34. The molecule has 0 aromatic rings. The zero-order valence-electron chi connectivity index (χ0n) is 6.00. The normalized spacial score (nSPS) is 8.27. The maximum atomic E-state index is 9.93. The highest BCUT2D eigenvalue weighted by molar-refractivity contribution is 5.79. The molecule has 0 saturated carbocycles. The van der Waals surface area contributed by atoms with E-state index in [2.05, 4.69) is 17.8 Å². The first-order valence-electron chi connectivity index (χ1n) is 3.10. The van der Waals surface area contributed by atoms with Gasteiger partial charge in [-0.05, 0) is 18.3 Å². The molecule has 0 atom stereocenters. The van der Waals surface area contributed by atoms with E-state index in [0.717, 1.165) is 6.08 Å². The molecule has 56 valence electrons. The van der Waals surface area contributed by atoms with Gasteiger partial charge in [0.15, 0.2) is 0 Å². The lowest BCUT2D eigenvalue weighted by Gasteiger charge is -1.80. The van der Waals surface area contributed by atoms with Crippen molar-refractivity contribution >= 4 is 5.97 Å². The van der Waals surface area contributed by atoms with Crippen molar-refractivity contribution in [1.82, 2.24) is 0 Å². The van der Waals surface area contributed by atoms with Crippen LogP contribution in [0.25, 0.3) is 0 Å². The maximum Gasteiger partial charge on any atom is 0.327 e. The van der Waals surface area contributed by atoms with Crippen molar-refractivity contribution in [2.24, 2.45) is 0 Å². The minimum Gasteiger partial charge on any atom is -0.478 e. The van der Waals surface area contributed by atoms with Gasteiger partial charge in [-0.1, -0.05) is 12.0 Å². The number of carboxylic acids is 1. The Kier molecular flexibility index (Phi) is 5.47. The van der Waals surface area contributed by atoms with Crippen LogP contribution < -0.4 is 0 Å². The minimum absolute atomic E-state index is 0.605. The number of aliphatic carboxylic acids is 1. The third-order valence-corrected chi connectivity index (χ3v) is 0.857. The lowest BCUT2D eigenvalue weighted by Crippen LogP contribution is -1.85. The zero-order chi connectivity index (χ0) is 8.53. The molecule has 1 N–H and O–H groups in total. The van der Waals surface area contributed by atoms with Crippen LogP contribution in [0, 0.1) is 24.2 Å². The molecule has 0 saturated heterocycles. The highest BCUT2D eigenvalue weighted by Crippen LogP contribution is 1.87. The van der Waals surface area contributed by atoms with Crippen molar-refractivity contribution in [2.45, 2.75) is 12.8 Å². The summed E-state index contributed by atoms with van der Waals surface area (Å²) >= 11 is 0. The Labute approximate surface area is 65.9 Å². The summed E-state index contributed by atoms with van der Waals surface area (Å²) in [4.78, 5) is 9.93. The van der Waals surface area contributed by atoms with Crippen LogP contribution in [0.1, 0.15) is 12.8 Å². The predicted molar refractivity (Wildman–Crippen MR) is 42.6 cm³/mol. The van der Waals surface area contributed by atoms with Gasteiger partial charge in [0.05, 0.1) is 0 Å². The summed E-state index contributed by atoms with van der Waals surface area (Å²) < 4.78 is 0. The largest absolute Gasteiger partial charge is 0.478 e. The smallest absolute Gasteiger partial charge is 0.327 e. The molecule has 11 heavy (non-hydrogen) atoms. The van der Waals surface area contributed by atoms with Crippen molar-refractivity contribution in [2.75, 3.05) is 0 Å². The second kappa shape index (κ2) is 6.45. The van der Waals surface area contributed by atoms with Crippen LogP contribution in [-0.4, -0.2) is 11.1 Å². The van der Waals surface area contributed by atoms with Crippen molar-refractivity contribution in [3.8, 4) is 24.2 Å². The average molecular weight is 148 g/mol. The van der Waals surface area contributed by atoms with Crippen LogP contribution in [-0.2, 0) is 4.79 Å². The van der Waals surface area contributed by atoms with Crippen molar-refractivity contribution in [3.63, 3.8) is 0 Å². The quantitative estimate of drug-likeness (QED) is 0.369. The van der Waals surface area contributed by atoms with E-state index in [1.54, 1.807) is 6.08 Å². The van der Waals surface area contributed by atoms with Crippen LogP contribution in [0.5, 0.6) is 0 Å². The van der Waals surface area contributed by atoms with Crippen molar-refractivity contribution < 1.29 is 9.90 Å². The third-order valence-electron chi connectivity index (χ3n) is 0.857. The molecule has 0 radical (unpaired) electrons. The highest BCUT2D eigenvalue weighted by atomic mass is 16.4. The van der Waals surface area contributed by atoms with Crippen LogP contribution in [0.4, 0.5) is 0 Å². The lowest BCUT2D eigenvalue weighted by atomic mass is 10.3. The van der Waals surface area contributed by atoms with E-state index in [0.29, 0.717) is 12.8 Å². The second-order valence-corrected chi connectivity index (χ2v) is 1.73. The molecule has 0 aromatic heterocycles. The number of carboxylic acid groups (broad SMARTS) is 1. The summed E-state index contributed by atoms with van der Waals surface area (Å²) in [5, 5.41) is 8.16. The molecular formula is C9H8O2. The molecule has 0 aromatic carbocycles. The summed E-state index contributed by atoms with van der Waals surface area (Å²) in [5.41, 5.74) is 0. The SMILES string of the molecule is C#CC#CCCC=CC(=O)O. The molecular weight excluding hydrogens is 140 g/mol. The van der Waals surface area contributed by atoms with Crippen LogP contribution in [0.15, 0.2) is 12.2 Å². The number of rotatable bonds is 3. The van der Waals surface area contributed by atoms with Gasteiger partial charge in [0, 0.05) is 12.5 Å².